The van der Waals surface area contributed by atoms with Gasteiger partial charge in [-0.3, -0.25) is 14.4 Å². The van der Waals surface area contributed by atoms with Crippen LogP contribution in [-0.2, 0) is 23.9 Å². The highest BCUT2D eigenvalue weighted by Gasteiger charge is 2.19. The highest BCUT2D eigenvalue weighted by Crippen LogP contribution is 2.17. The Labute approximate surface area is 248 Å². The third-order valence-electron chi connectivity index (χ3n) is 6.99. The molecular weight excluding hydrogens is 524 g/mol. The van der Waals surface area contributed by atoms with Crippen LogP contribution in [0.2, 0.25) is 0 Å². The molecule has 9 nitrogen and oxygen atoms in total. The van der Waals surface area contributed by atoms with Crippen molar-refractivity contribution in [3.8, 4) is 0 Å². The predicted octanol–water partition coefficient (Wildman–Crippen LogP) is 5.97. The Morgan fingerprint density at radius 3 is 1.93 bits per heavy atom. The van der Waals surface area contributed by atoms with Crippen molar-refractivity contribution in [2.45, 2.75) is 154 Å². The van der Waals surface area contributed by atoms with E-state index in [2.05, 4.69) is 36.6 Å². The summed E-state index contributed by atoms with van der Waals surface area (Å²) < 4.78 is 5.86. The Morgan fingerprint density at radius 2 is 1.29 bits per heavy atom. The molecular formula is C32H58N2O7. The van der Waals surface area contributed by atoms with Gasteiger partial charge in [0.15, 0.2) is 0 Å². The summed E-state index contributed by atoms with van der Waals surface area (Å²) in [5.41, 5.74) is 0. The Morgan fingerprint density at radius 1 is 0.707 bits per heavy atom. The lowest BCUT2D eigenvalue weighted by Crippen LogP contribution is -2.47. The van der Waals surface area contributed by atoms with E-state index in [9.17, 15) is 19.2 Å². The number of hydrogen-bond donors (Lipinski definition) is 4. The monoisotopic (exact) mass is 582 g/mol. The average molecular weight is 583 g/mol. The number of aliphatic hydroxyl groups excluding tert-OH is 1. The van der Waals surface area contributed by atoms with E-state index < -0.39 is 24.5 Å². The number of amides is 2. The van der Waals surface area contributed by atoms with Gasteiger partial charge in [0.05, 0.1) is 13.2 Å². The van der Waals surface area contributed by atoms with Crippen molar-refractivity contribution in [3.05, 3.63) is 12.2 Å². The zero-order valence-corrected chi connectivity index (χ0v) is 25.8. The molecule has 0 rings (SSSR count). The molecule has 4 N–H and O–H groups in total. The minimum absolute atomic E-state index is 0.0374. The maximum Gasteiger partial charge on any atom is 0.328 e. The van der Waals surface area contributed by atoms with Crippen LogP contribution in [-0.4, -0.2) is 59.3 Å². The minimum atomic E-state index is -1.38. The molecule has 0 radical (unpaired) electrons. The van der Waals surface area contributed by atoms with Crippen LogP contribution in [0.1, 0.15) is 142 Å². The van der Waals surface area contributed by atoms with E-state index in [1.807, 2.05) is 0 Å². The van der Waals surface area contributed by atoms with Gasteiger partial charge in [0.2, 0.25) is 11.8 Å². The second-order valence-electron chi connectivity index (χ2n) is 10.9. The molecule has 2 amide bonds. The van der Waals surface area contributed by atoms with Crippen molar-refractivity contribution in [2.75, 3.05) is 13.2 Å². The highest BCUT2D eigenvalue weighted by atomic mass is 16.5. The molecule has 0 aliphatic rings. The zero-order chi connectivity index (χ0) is 30.6. The summed E-state index contributed by atoms with van der Waals surface area (Å²) in [6.07, 6.45) is 24.1. The first-order valence-electron chi connectivity index (χ1n) is 16.1. The number of aliphatic hydroxyl groups is 1. The van der Waals surface area contributed by atoms with Crippen LogP contribution >= 0.6 is 0 Å². The molecule has 0 aliphatic heterocycles. The molecule has 2 atom stereocenters. The molecule has 9 heteroatoms. The van der Waals surface area contributed by atoms with Gasteiger partial charge in [0.1, 0.15) is 12.1 Å². The Hall–Kier alpha value is -2.42. The molecule has 0 aromatic heterocycles. The molecule has 0 saturated heterocycles. The number of allylic oxidation sites excluding steroid dienone is 2. The zero-order valence-electron chi connectivity index (χ0n) is 25.8. The standard InChI is InChI=1S/C32H58N2O7/c1-3-5-7-9-10-11-12-13-14-20-24-31(38)41-27(21-17-8-6-4-2)22-18-15-16-19-23-29(36)33-25-30(37)34-28(26-35)32(39)40/h7,9,27-28,35H,3-6,8,10-26H2,1-2H3,(H,33,36)(H,34,37)(H,39,40)/b9-7-. The number of unbranched alkanes of at least 4 members (excludes halogenated alkanes) is 12. The summed E-state index contributed by atoms with van der Waals surface area (Å²) in [6.45, 7) is 3.33. The average Bonchev–Trinajstić information content (AvgIpc) is 2.95. The summed E-state index contributed by atoms with van der Waals surface area (Å²) in [6, 6.07) is -1.38. The Bertz CT molecular complexity index is 727. The van der Waals surface area contributed by atoms with Crippen molar-refractivity contribution < 1.29 is 34.1 Å². The number of carboxylic acid groups (broad SMARTS) is 1. The van der Waals surface area contributed by atoms with Crippen LogP contribution in [0.4, 0.5) is 0 Å². The SMILES string of the molecule is CCC/C=C\CCCCCCCC(=O)OC(CCCCCC)CCCCCCC(=O)NCC(=O)NC(CO)C(=O)O. The van der Waals surface area contributed by atoms with Crippen molar-refractivity contribution in [1.29, 1.82) is 0 Å². The van der Waals surface area contributed by atoms with E-state index in [1.165, 1.54) is 32.1 Å². The van der Waals surface area contributed by atoms with Crippen molar-refractivity contribution in [2.24, 2.45) is 0 Å². The van der Waals surface area contributed by atoms with Crippen LogP contribution in [0.15, 0.2) is 12.2 Å². The van der Waals surface area contributed by atoms with E-state index in [-0.39, 0.29) is 30.9 Å². The van der Waals surface area contributed by atoms with Gasteiger partial charge in [0, 0.05) is 12.8 Å². The number of carbonyl (C=O) groups excluding carboxylic acids is 3. The molecule has 0 spiro atoms. The number of carbonyl (C=O) groups is 4. The van der Waals surface area contributed by atoms with Gasteiger partial charge in [-0.2, -0.15) is 0 Å². The number of nitrogens with one attached hydrogen (secondary N) is 2. The topological polar surface area (TPSA) is 142 Å². The third-order valence-corrected chi connectivity index (χ3v) is 6.99. The van der Waals surface area contributed by atoms with Gasteiger partial charge in [0.25, 0.3) is 0 Å². The van der Waals surface area contributed by atoms with E-state index in [4.69, 9.17) is 14.9 Å². The number of aliphatic carboxylic acids is 1. The van der Waals surface area contributed by atoms with E-state index in [1.54, 1.807) is 0 Å². The molecule has 0 heterocycles. The van der Waals surface area contributed by atoms with Gasteiger partial charge in [-0.05, 0) is 57.8 Å². The van der Waals surface area contributed by atoms with Gasteiger partial charge in [-0.15, -0.1) is 0 Å². The summed E-state index contributed by atoms with van der Waals surface area (Å²) >= 11 is 0. The first-order chi connectivity index (χ1) is 19.8. The molecule has 0 aromatic rings. The molecule has 0 fully saturated rings. The lowest BCUT2D eigenvalue weighted by atomic mass is 10.0. The van der Waals surface area contributed by atoms with Gasteiger partial charge in [-0.1, -0.05) is 83.8 Å². The quantitative estimate of drug-likeness (QED) is 0.0505. The molecule has 0 aliphatic carbocycles. The first kappa shape index (κ1) is 38.6. The van der Waals surface area contributed by atoms with E-state index in [0.717, 1.165) is 77.0 Å². The maximum absolute atomic E-state index is 12.5. The van der Waals surface area contributed by atoms with E-state index in [0.29, 0.717) is 12.8 Å². The number of hydrogen-bond acceptors (Lipinski definition) is 6. The van der Waals surface area contributed by atoms with Crippen molar-refractivity contribution >= 4 is 23.8 Å². The smallest absolute Gasteiger partial charge is 0.328 e. The number of esters is 1. The number of rotatable bonds is 28. The summed E-state index contributed by atoms with van der Waals surface area (Å²) in [7, 11) is 0. The van der Waals surface area contributed by atoms with Crippen LogP contribution < -0.4 is 10.6 Å². The fraction of sp³-hybridized carbons (Fsp3) is 0.812. The molecule has 41 heavy (non-hydrogen) atoms. The van der Waals surface area contributed by atoms with Crippen LogP contribution in [0.25, 0.3) is 0 Å². The summed E-state index contributed by atoms with van der Waals surface area (Å²) in [4.78, 5) is 46.9. The van der Waals surface area contributed by atoms with Crippen molar-refractivity contribution in [1.82, 2.24) is 10.6 Å². The third kappa shape index (κ3) is 25.0. The number of carboxylic acids is 1. The van der Waals surface area contributed by atoms with Gasteiger partial charge >= 0.3 is 11.9 Å². The number of ether oxygens (including phenoxy) is 1. The Balaban J connectivity index is 4.12. The predicted molar refractivity (Wildman–Crippen MR) is 162 cm³/mol. The van der Waals surface area contributed by atoms with Crippen LogP contribution in [0, 0.1) is 0 Å². The summed E-state index contributed by atoms with van der Waals surface area (Å²) in [5, 5.41) is 22.4. The normalized spacial score (nSPS) is 12.7. The fourth-order valence-corrected chi connectivity index (χ4v) is 4.48. The molecule has 238 valence electrons. The van der Waals surface area contributed by atoms with Gasteiger partial charge < -0.3 is 25.6 Å². The first-order valence-corrected chi connectivity index (χ1v) is 16.1. The lowest BCUT2D eigenvalue weighted by Gasteiger charge is -2.18. The molecule has 0 aromatic carbocycles. The van der Waals surface area contributed by atoms with Crippen LogP contribution in [0.3, 0.4) is 0 Å². The lowest BCUT2D eigenvalue weighted by molar-refractivity contribution is -0.150. The second kappa shape index (κ2) is 27.7. The maximum atomic E-state index is 12.5. The van der Waals surface area contributed by atoms with Crippen LogP contribution in [0.5, 0.6) is 0 Å². The van der Waals surface area contributed by atoms with Crippen molar-refractivity contribution in [3.63, 3.8) is 0 Å². The van der Waals surface area contributed by atoms with E-state index >= 15 is 0 Å². The Kier molecular flexibility index (Phi) is 26.1. The minimum Gasteiger partial charge on any atom is -0.480 e. The van der Waals surface area contributed by atoms with Gasteiger partial charge in [-0.25, -0.2) is 4.79 Å². The second-order valence-corrected chi connectivity index (χ2v) is 10.9. The molecule has 2 unspecified atom stereocenters. The highest BCUT2D eigenvalue weighted by molar-refractivity contribution is 5.87. The fourth-order valence-electron chi connectivity index (χ4n) is 4.48. The summed E-state index contributed by atoms with van der Waals surface area (Å²) in [5.74, 6) is -2.35. The molecule has 0 saturated carbocycles. The molecule has 0 bridgehead atoms. The largest absolute Gasteiger partial charge is 0.480 e.